The number of piperazine rings is 1. The molecule has 1 aliphatic heterocycles. The SMILES string of the molecule is CCN1CCN(S(=O)(=O)c2ccc(NC(=O)c3ccco3)cc2)CC1. The number of nitrogens with one attached hydrogen (secondary N) is 1. The number of likely N-dealkylation sites (N-methyl/N-ethyl adjacent to an activating group) is 1. The third kappa shape index (κ3) is 3.92. The van der Waals surface area contributed by atoms with E-state index in [2.05, 4.69) is 17.1 Å². The van der Waals surface area contributed by atoms with Crippen LogP contribution in [-0.4, -0.2) is 56.3 Å². The van der Waals surface area contributed by atoms with E-state index in [4.69, 9.17) is 4.42 Å². The van der Waals surface area contributed by atoms with Crippen LogP contribution in [0, 0.1) is 0 Å². The summed E-state index contributed by atoms with van der Waals surface area (Å²) in [5.41, 5.74) is 0.510. The van der Waals surface area contributed by atoms with Gasteiger partial charge in [0.05, 0.1) is 11.2 Å². The normalized spacial score (nSPS) is 16.7. The van der Waals surface area contributed by atoms with Crippen LogP contribution in [0.15, 0.2) is 52.0 Å². The summed E-state index contributed by atoms with van der Waals surface area (Å²) in [4.78, 5) is 14.4. The van der Waals surface area contributed by atoms with Gasteiger partial charge in [-0.1, -0.05) is 6.92 Å². The van der Waals surface area contributed by atoms with Gasteiger partial charge in [-0.15, -0.1) is 0 Å². The standard InChI is InChI=1S/C17H21N3O4S/c1-2-19-9-11-20(12-10-19)25(22,23)15-7-5-14(6-8-15)18-17(21)16-4-3-13-24-16/h3-8,13H,2,9-12H2,1H3,(H,18,21). The summed E-state index contributed by atoms with van der Waals surface area (Å²) in [6.45, 7) is 5.47. The zero-order chi connectivity index (χ0) is 17.9. The molecule has 0 radical (unpaired) electrons. The average Bonchev–Trinajstić information content (AvgIpc) is 3.17. The van der Waals surface area contributed by atoms with Gasteiger partial charge in [-0.2, -0.15) is 4.31 Å². The monoisotopic (exact) mass is 363 g/mol. The molecule has 2 aromatic rings. The number of amides is 1. The summed E-state index contributed by atoms with van der Waals surface area (Å²) in [7, 11) is -3.51. The first-order chi connectivity index (χ1) is 12.0. The largest absolute Gasteiger partial charge is 0.459 e. The highest BCUT2D eigenvalue weighted by Crippen LogP contribution is 2.20. The molecule has 1 aromatic heterocycles. The van der Waals surface area contributed by atoms with Crippen LogP contribution < -0.4 is 5.32 Å². The maximum Gasteiger partial charge on any atom is 0.291 e. The van der Waals surface area contributed by atoms with Gasteiger partial charge in [-0.3, -0.25) is 4.79 Å². The molecule has 1 fully saturated rings. The number of anilines is 1. The average molecular weight is 363 g/mol. The number of rotatable bonds is 5. The highest BCUT2D eigenvalue weighted by molar-refractivity contribution is 7.89. The number of sulfonamides is 1. The second kappa shape index (κ2) is 7.38. The van der Waals surface area contributed by atoms with Crippen molar-refractivity contribution in [3.05, 3.63) is 48.4 Å². The minimum atomic E-state index is -3.51. The molecule has 1 aliphatic rings. The third-order valence-corrected chi connectivity index (χ3v) is 6.19. The molecule has 2 heterocycles. The van der Waals surface area contributed by atoms with Gasteiger partial charge in [0.25, 0.3) is 5.91 Å². The lowest BCUT2D eigenvalue weighted by Gasteiger charge is -2.33. The quantitative estimate of drug-likeness (QED) is 0.877. The summed E-state index contributed by atoms with van der Waals surface area (Å²) in [6, 6.07) is 9.37. The molecule has 25 heavy (non-hydrogen) atoms. The first-order valence-electron chi connectivity index (χ1n) is 8.18. The fourth-order valence-corrected chi connectivity index (χ4v) is 4.17. The number of furan rings is 1. The second-order valence-electron chi connectivity index (χ2n) is 5.79. The molecule has 0 spiro atoms. The summed E-state index contributed by atoms with van der Waals surface area (Å²) in [6.07, 6.45) is 1.42. The predicted octanol–water partition coefficient (Wildman–Crippen LogP) is 1.86. The van der Waals surface area contributed by atoms with E-state index in [0.717, 1.165) is 19.6 Å². The Morgan fingerprint density at radius 1 is 1.12 bits per heavy atom. The van der Waals surface area contributed by atoms with Gasteiger partial charge in [0.15, 0.2) is 5.76 Å². The van der Waals surface area contributed by atoms with Crippen molar-refractivity contribution < 1.29 is 17.6 Å². The van der Waals surface area contributed by atoms with Crippen LogP contribution in [0.1, 0.15) is 17.5 Å². The van der Waals surface area contributed by atoms with Crippen LogP contribution in [0.25, 0.3) is 0 Å². The van der Waals surface area contributed by atoms with Gasteiger partial charge < -0.3 is 14.6 Å². The predicted molar refractivity (Wildman–Crippen MR) is 94.0 cm³/mol. The molecule has 7 nitrogen and oxygen atoms in total. The van der Waals surface area contributed by atoms with Gasteiger partial charge >= 0.3 is 0 Å². The number of hydrogen-bond donors (Lipinski definition) is 1. The molecule has 134 valence electrons. The summed E-state index contributed by atoms with van der Waals surface area (Å²) in [5, 5.41) is 2.67. The smallest absolute Gasteiger partial charge is 0.291 e. The van der Waals surface area contributed by atoms with Gasteiger partial charge in [0.1, 0.15) is 0 Å². The number of benzene rings is 1. The fourth-order valence-electron chi connectivity index (χ4n) is 2.75. The van der Waals surface area contributed by atoms with Crippen LogP contribution >= 0.6 is 0 Å². The highest BCUT2D eigenvalue weighted by Gasteiger charge is 2.27. The molecular weight excluding hydrogens is 342 g/mol. The molecule has 0 bridgehead atoms. The molecule has 0 unspecified atom stereocenters. The van der Waals surface area contributed by atoms with Crippen LogP contribution in [0.4, 0.5) is 5.69 Å². The lowest BCUT2D eigenvalue weighted by atomic mass is 10.3. The molecule has 0 aliphatic carbocycles. The minimum Gasteiger partial charge on any atom is -0.459 e. The Labute approximate surface area is 147 Å². The van der Waals surface area contributed by atoms with Gasteiger partial charge in [-0.05, 0) is 42.9 Å². The van der Waals surface area contributed by atoms with E-state index in [1.807, 2.05) is 0 Å². The van der Waals surface area contributed by atoms with Crippen molar-refractivity contribution >= 4 is 21.6 Å². The Bertz CT molecular complexity index is 808. The zero-order valence-corrected chi connectivity index (χ0v) is 14.8. The highest BCUT2D eigenvalue weighted by atomic mass is 32.2. The first kappa shape index (κ1) is 17.7. The van der Waals surface area contributed by atoms with Crippen molar-refractivity contribution in [2.24, 2.45) is 0 Å². The zero-order valence-electron chi connectivity index (χ0n) is 14.0. The van der Waals surface area contributed by atoms with Crippen molar-refractivity contribution in [2.45, 2.75) is 11.8 Å². The number of hydrogen-bond acceptors (Lipinski definition) is 5. The Morgan fingerprint density at radius 3 is 2.36 bits per heavy atom. The molecule has 1 aromatic carbocycles. The third-order valence-electron chi connectivity index (χ3n) is 4.27. The Hall–Kier alpha value is -2.16. The molecule has 3 rings (SSSR count). The van der Waals surface area contributed by atoms with E-state index < -0.39 is 10.0 Å². The van der Waals surface area contributed by atoms with Crippen molar-refractivity contribution in [3.63, 3.8) is 0 Å². The maximum atomic E-state index is 12.7. The lowest BCUT2D eigenvalue weighted by molar-refractivity contribution is 0.0996. The van der Waals surface area contributed by atoms with Crippen LogP contribution in [0.5, 0.6) is 0 Å². The van der Waals surface area contributed by atoms with E-state index in [9.17, 15) is 13.2 Å². The number of carbonyl (C=O) groups is 1. The van der Waals surface area contributed by atoms with E-state index in [-0.39, 0.29) is 16.6 Å². The molecule has 0 saturated carbocycles. The Balaban J connectivity index is 1.68. The van der Waals surface area contributed by atoms with Crippen molar-refractivity contribution in [3.8, 4) is 0 Å². The van der Waals surface area contributed by atoms with Crippen molar-refractivity contribution in [1.29, 1.82) is 0 Å². The molecule has 1 amide bonds. The molecule has 8 heteroatoms. The minimum absolute atomic E-state index is 0.200. The van der Waals surface area contributed by atoms with Crippen molar-refractivity contribution in [2.75, 3.05) is 38.0 Å². The number of nitrogens with zero attached hydrogens (tertiary/aromatic N) is 2. The summed E-state index contributed by atoms with van der Waals surface area (Å²) >= 11 is 0. The lowest BCUT2D eigenvalue weighted by Crippen LogP contribution is -2.48. The van der Waals surface area contributed by atoms with Gasteiger partial charge in [0, 0.05) is 31.9 Å². The molecule has 1 saturated heterocycles. The fraction of sp³-hybridized carbons (Fsp3) is 0.353. The first-order valence-corrected chi connectivity index (χ1v) is 9.62. The van der Waals surface area contributed by atoms with E-state index in [0.29, 0.717) is 18.8 Å². The molecule has 0 atom stereocenters. The van der Waals surface area contributed by atoms with Gasteiger partial charge in [0.2, 0.25) is 10.0 Å². The van der Waals surface area contributed by atoms with E-state index in [1.165, 1.54) is 22.7 Å². The summed E-state index contributed by atoms with van der Waals surface area (Å²) in [5.74, 6) is -0.179. The topological polar surface area (TPSA) is 82.9 Å². The molecule has 1 N–H and O–H groups in total. The van der Waals surface area contributed by atoms with Crippen LogP contribution in [-0.2, 0) is 10.0 Å². The van der Waals surface area contributed by atoms with Crippen molar-refractivity contribution in [1.82, 2.24) is 9.21 Å². The van der Waals surface area contributed by atoms with E-state index >= 15 is 0 Å². The Morgan fingerprint density at radius 2 is 1.80 bits per heavy atom. The Kier molecular flexibility index (Phi) is 5.22. The van der Waals surface area contributed by atoms with Gasteiger partial charge in [-0.25, -0.2) is 8.42 Å². The van der Waals surface area contributed by atoms with Crippen LogP contribution in [0.2, 0.25) is 0 Å². The van der Waals surface area contributed by atoms with E-state index in [1.54, 1.807) is 24.3 Å². The number of carbonyl (C=O) groups excluding carboxylic acids is 1. The second-order valence-corrected chi connectivity index (χ2v) is 7.73. The maximum absolute atomic E-state index is 12.7. The van der Waals surface area contributed by atoms with Crippen LogP contribution in [0.3, 0.4) is 0 Å². The molecular formula is C17H21N3O4S. The summed E-state index contributed by atoms with van der Waals surface area (Å²) < 4.78 is 31.9.